The van der Waals surface area contributed by atoms with Crippen LogP contribution in [0.4, 0.5) is 11.6 Å². The minimum Gasteiger partial charge on any atom is -0.489 e. The molecule has 0 saturated heterocycles. The van der Waals surface area contributed by atoms with Crippen molar-refractivity contribution in [1.29, 1.82) is 0 Å². The van der Waals surface area contributed by atoms with Crippen molar-refractivity contribution in [2.45, 2.75) is 19.6 Å². The third kappa shape index (κ3) is 4.55. The number of fused-ring (bicyclic) bond motifs is 1. The summed E-state index contributed by atoms with van der Waals surface area (Å²) in [7, 11) is 0. The van der Waals surface area contributed by atoms with Crippen molar-refractivity contribution in [2.75, 3.05) is 10.6 Å². The molecular formula is C25H21BrN6O2. The number of aromatic nitrogens is 4. The van der Waals surface area contributed by atoms with Crippen molar-refractivity contribution >= 4 is 33.5 Å². The van der Waals surface area contributed by atoms with E-state index < -0.39 is 6.04 Å². The molecule has 0 saturated carbocycles. The zero-order valence-corrected chi connectivity index (χ0v) is 19.9. The maximum absolute atomic E-state index is 13.3. The van der Waals surface area contributed by atoms with E-state index in [0.717, 1.165) is 21.3 Å². The molecule has 1 aliphatic heterocycles. The molecule has 2 N–H and O–H groups in total. The fourth-order valence-corrected chi connectivity index (χ4v) is 4.09. The minimum atomic E-state index is -0.490. The number of hydrogen-bond donors (Lipinski definition) is 2. The predicted molar refractivity (Wildman–Crippen MR) is 132 cm³/mol. The van der Waals surface area contributed by atoms with Gasteiger partial charge in [-0.25, -0.2) is 0 Å². The number of ether oxygens (including phenoxy) is 1. The number of hydrogen-bond acceptors (Lipinski definition) is 6. The van der Waals surface area contributed by atoms with Gasteiger partial charge in [0.25, 0.3) is 5.91 Å². The average molecular weight is 517 g/mol. The molecule has 1 aromatic heterocycles. The Morgan fingerprint density at radius 2 is 1.79 bits per heavy atom. The lowest BCUT2D eigenvalue weighted by Gasteiger charge is -2.28. The molecule has 0 fully saturated rings. The SMILES string of the molecule is CC1=C(C(=O)Nc2ccccc2)C(c2ccc(OCc3ccc(Br)cc3)cc2)n2nnnc2N1. The topological polar surface area (TPSA) is 94.0 Å². The molecule has 170 valence electrons. The normalized spacial score (nSPS) is 14.8. The van der Waals surface area contributed by atoms with E-state index in [4.69, 9.17) is 4.74 Å². The van der Waals surface area contributed by atoms with Gasteiger partial charge in [-0.1, -0.05) is 63.5 Å². The van der Waals surface area contributed by atoms with E-state index in [0.29, 0.717) is 29.5 Å². The Balaban J connectivity index is 1.40. The number of amides is 1. The van der Waals surface area contributed by atoms with Crippen LogP contribution in [0, 0.1) is 0 Å². The van der Waals surface area contributed by atoms with Gasteiger partial charge in [0.1, 0.15) is 18.4 Å². The van der Waals surface area contributed by atoms with Crippen LogP contribution in [-0.2, 0) is 11.4 Å². The molecule has 0 bridgehead atoms. The Labute approximate surface area is 204 Å². The summed E-state index contributed by atoms with van der Waals surface area (Å²) < 4.78 is 8.58. The number of rotatable bonds is 6. The molecule has 1 unspecified atom stereocenters. The standard InChI is InChI=1S/C25H21BrN6O2/c1-16-22(24(33)28-20-5-3-2-4-6-20)23(32-25(27-16)29-30-31-32)18-9-13-21(14-10-18)34-15-17-7-11-19(26)12-8-17/h2-14,23H,15H2,1H3,(H,28,33)(H,27,29,31). The van der Waals surface area contributed by atoms with Gasteiger partial charge in [0.05, 0.1) is 5.57 Å². The molecule has 0 spiro atoms. The maximum atomic E-state index is 13.3. The van der Waals surface area contributed by atoms with Gasteiger partial charge in [-0.3, -0.25) is 4.79 Å². The average Bonchev–Trinajstić information content (AvgIpc) is 3.32. The molecule has 2 heterocycles. The van der Waals surface area contributed by atoms with Crippen molar-refractivity contribution in [3.8, 4) is 5.75 Å². The zero-order valence-electron chi connectivity index (χ0n) is 18.3. The van der Waals surface area contributed by atoms with Crippen LogP contribution in [0.15, 0.2) is 94.6 Å². The van der Waals surface area contributed by atoms with Gasteiger partial charge in [0.15, 0.2) is 0 Å². The van der Waals surface area contributed by atoms with Crippen LogP contribution in [0.2, 0.25) is 0 Å². The molecule has 8 nitrogen and oxygen atoms in total. The Bertz CT molecular complexity index is 1330. The largest absolute Gasteiger partial charge is 0.489 e. The van der Waals surface area contributed by atoms with Crippen LogP contribution in [0.1, 0.15) is 24.1 Å². The first-order valence-corrected chi connectivity index (χ1v) is 11.5. The number of halogens is 1. The highest BCUT2D eigenvalue weighted by atomic mass is 79.9. The van der Waals surface area contributed by atoms with E-state index >= 15 is 0 Å². The third-order valence-corrected chi connectivity index (χ3v) is 6.03. The second kappa shape index (κ2) is 9.48. The Morgan fingerprint density at radius 3 is 2.53 bits per heavy atom. The molecule has 0 radical (unpaired) electrons. The van der Waals surface area contributed by atoms with Crippen LogP contribution in [-0.4, -0.2) is 26.1 Å². The Morgan fingerprint density at radius 1 is 1.06 bits per heavy atom. The molecule has 5 rings (SSSR count). The number of carbonyl (C=O) groups is 1. The third-order valence-electron chi connectivity index (χ3n) is 5.51. The van der Waals surface area contributed by atoms with Crippen LogP contribution in [0.25, 0.3) is 0 Å². The van der Waals surface area contributed by atoms with Gasteiger partial charge in [-0.05, 0) is 64.9 Å². The van der Waals surface area contributed by atoms with Gasteiger partial charge in [0.2, 0.25) is 5.95 Å². The summed E-state index contributed by atoms with van der Waals surface area (Å²) in [5.41, 5.74) is 3.88. The van der Waals surface area contributed by atoms with Crippen LogP contribution in [0.3, 0.4) is 0 Å². The first-order valence-electron chi connectivity index (χ1n) is 10.7. The van der Waals surface area contributed by atoms with Crippen LogP contribution >= 0.6 is 15.9 Å². The number of tetrazole rings is 1. The molecule has 0 aliphatic carbocycles. The zero-order chi connectivity index (χ0) is 23.5. The van der Waals surface area contributed by atoms with Gasteiger partial charge < -0.3 is 15.4 Å². The van der Waals surface area contributed by atoms with Crippen molar-refractivity contribution in [2.24, 2.45) is 0 Å². The first kappa shape index (κ1) is 21.8. The lowest BCUT2D eigenvalue weighted by Crippen LogP contribution is -2.31. The summed E-state index contributed by atoms with van der Waals surface area (Å²) in [4.78, 5) is 13.3. The fraction of sp³-hybridized carbons (Fsp3) is 0.120. The first-order chi connectivity index (χ1) is 16.6. The number of allylic oxidation sites excluding steroid dienone is 1. The molecule has 4 aromatic rings. The van der Waals surface area contributed by atoms with Gasteiger partial charge in [-0.15, -0.1) is 0 Å². The minimum absolute atomic E-state index is 0.224. The van der Waals surface area contributed by atoms with E-state index in [1.54, 1.807) is 4.68 Å². The Kier molecular flexibility index (Phi) is 6.09. The van der Waals surface area contributed by atoms with E-state index in [1.165, 1.54) is 0 Å². The van der Waals surface area contributed by atoms with E-state index in [1.807, 2.05) is 85.8 Å². The molecule has 34 heavy (non-hydrogen) atoms. The summed E-state index contributed by atoms with van der Waals surface area (Å²) >= 11 is 3.44. The quantitative estimate of drug-likeness (QED) is 0.376. The van der Waals surface area contributed by atoms with E-state index in [9.17, 15) is 4.79 Å². The monoisotopic (exact) mass is 516 g/mol. The molecule has 9 heteroatoms. The molecule has 1 amide bonds. The summed E-state index contributed by atoms with van der Waals surface area (Å²) in [5.74, 6) is 0.987. The van der Waals surface area contributed by atoms with Crippen LogP contribution < -0.4 is 15.4 Å². The van der Waals surface area contributed by atoms with Crippen molar-refractivity contribution < 1.29 is 9.53 Å². The number of para-hydroxylation sites is 1. The highest BCUT2D eigenvalue weighted by Gasteiger charge is 2.34. The van der Waals surface area contributed by atoms with Crippen molar-refractivity contribution in [3.63, 3.8) is 0 Å². The second-order valence-electron chi connectivity index (χ2n) is 7.82. The van der Waals surface area contributed by atoms with E-state index in [2.05, 4.69) is 42.1 Å². The number of benzene rings is 3. The lowest BCUT2D eigenvalue weighted by molar-refractivity contribution is -0.113. The van der Waals surface area contributed by atoms with Crippen molar-refractivity contribution in [3.05, 3.63) is 106 Å². The highest BCUT2D eigenvalue weighted by molar-refractivity contribution is 9.10. The highest BCUT2D eigenvalue weighted by Crippen LogP contribution is 2.35. The molecule has 1 atom stereocenters. The second-order valence-corrected chi connectivity index (χ2v) is 8.73. The van der Waals surface area contributed by atoms with E-state index in [-0.39, 0.29) is 5.91 Å². The summed E-state index contributed by atoms with van der Waals surface area (Å²) in [5, 5.41) is 18.1. The summed E-state index contributed by atoms with van der Waals surface area (Å²) in [6.45, 7) is 2.31. The van der Waals surface area contributed by atoms with Gasteiger partial charge >= 0.3 is 0 Å². The summed E-state index contributed by atoms with van der Waals surface area (Å²) in [6.07, 6.45) is 0. The Hall–Kier alpha value is -3.98. The maximum Gasteiger partial charge on any atom is 0.255 e. The fourth-order valence-electron chi connectivity index (χ4n) is 3.83. The predicted octanol–water partition coefficient (Wildman–Crippen LogP) is 4.94. The lowest BCUT2D eigenvalue weighted by atomic mass is 9.95. The number of carbonyl (C=O) groups excluding carboxylic acids is 1. The number of anilines is 2. The number of nitrogens with zero attached hydrogens (tertiary/aromatic N) is 4. The number of nitrogens with one attached hydrogen (secondary N) is 2. The molecular weight excluding hydrogens is 496 g/mol. The van der Waals surface area contributed by atoms with Crippen molar-refractivity contribution in [1.82, 2.24) is 20.2 Å². The van der Waals surface area contributed by atoms with Gasteiger partial charge in [0, 0.05) is 15.9 Å². The summed E-state index contributed by atoms with van der Waals surface area (Å²) in [6, 6.07) is 24.5. The molecule has 3 aromatic carbocycles. The van der Waals surface area contributed by atoms with Crippen LogP contribution in [0.5, 0.6) is 5.75 Å². The van der Waals surface area contributed by atoms with Gasteiger partial charge in [-0.2, -0.15) is 4.68 Å². The smallest absolute Gasteiger partial charge is 0.255 e. The molecule has 1 aliphatic rings.